The number of anilines is 2. The lowest BCUT2D eigenvalue weighted by Crippen LogP contribution is -2.41. The van der Waals surface area contributed by atoms with Crippen LogP contribution in [-0.2, 0) is 17.3 Å². The third-order valence-electron chi connectivity index (χ3n) is 5.42. The summed E-state index contributed by atoms with van der Waals surface area (Å²) >= 11 is 5.70. The Morgan fingerprint density at radius 2 is 1.91 bits per heavy atom. The first-order chi connectivity index (χ1) is 15.4. The molecule has 1 aliphatic heterocycles. The molecule has 1 aliphatic rings. The molecule has 2 heterocycles. The molecule has 0 unspecified atom stereocenters. The zero-order valence-electron chi connectivity index (χ0n) is 19.1. The molecule has 0 radical (unpaired) electrons. The van der Waals surface area contributed by atoms with E-state index in [0.717, 1.165) is 24.0 Å². The fourth-order valence-electron chi connectivity index (χ4n) is 3.74. The fraction of sp³-hybridized carbons (Fsp3) is 0.522. The lowest BCUT2D eigenvalue weighted by Gasteiger charge is -2.33. The molecule has 6 nitrogen and oxygen atoms in total. The number of amides is 1. The summed E-state index contributed by atoms with van der Waals surface area (Å²) in [5, 5.41) is 2.33. The zero-order chi connectivity index (χ0) is 24.4. The number of aromatic nitrogens is 2. The van der Waals surface area contributed by atoms with Gasteiger partial charge >= 0.3 is 12.3 Å². The molecule has 10 heteroatoms. The van der Waals surface area contributed by atoms with Crippen molar-refractivity contribution in [1.82, 2.24) is 14.9 Å². The Morgan fingerprint density at radius 3 is 2.45 bits per heavy atom. The van der Waals surface area contributed by atoms with Gasteiger partial charge in [0.25, 0.3) is 0 Å². The van der Waals surface area contributed by atoms with Crippen molar-refractivity contribution in [2.75, 3.05) is 18.4 Å². The van der Waals surface area contributed by atoms with Crippen LogP contribution in [0.5, 0.6) is 0 Å². The minimum absolute atomic E-state index is 0.00104. The highest BCUT2D eigenvalue weighted by Crippen LogP contribution is 2.35. The second-order valence-electron chi connectivity index (χ2n) is 9.03. The summed E-state index contributed by atoms with van der Waals surface area (Å²) in [7, 11) is 0. The molecule has 1 aromatic heterocycles. The first-order valence-electron chi connectivity index (χ1n) is 10.8. The van der Waals surface area contributed by atoms with Gasteiger partial charge in [-0.2, -0.15) is 13.2 Å². The van der Waals surface area contributed by atoms with Crippen molar-refractivity contribution in [3.63, 3.8) is 0 Å². The van der Waals surface area contributed by atoms with E-state index in [1.807, 2.05) is 39.8 Å². The number of nitrogens with zero attached hydrogens (tertiary/aromatic N) is 3. The van der Waals surface area contributed by atoms with Crippen LogP contribution in [0.25, 0.3) is 0 Å². The first kappa shape index (κ1) is 25.1. The molecule has 0 aliphatic carbocycles. The van der Waals surface area contributed by atoms with Gasteiger partial charge in [0, 0.05) is 25.0 Å². The number of benzene rings is 1. The van der Waals surface area contributed by atoms with Crippen LogP contribution >= 0.6 is 11.6 Å². The Labute approximate surface area is 196 Å². The SMILES string of the molecule is CCc1cc(C2CCN(C(=O)OC(C)(C)C)CC2)ccc1Nc1ncc(C(F)(F)F)c(Cl)n1. The molecule has 180 valence electrons. The van der Waals surface area contributed by atoms with Crippen molar-refractivity contribution in [2.24, 2.45) is 0 Å². The molecule has 1 amide bonds. The smallest absolute Gasteiger partial charge is 0.420 e. The third-order valence-corrected chi connectivity index (χ3v) is 5.71. The van der Waals surface area contributed by atoms with Crippen LogP contribution in [0.4, 0.5) is 29.6 Å². The number of halogens is 4. The summed E-state index contributed by atoms with van der Waals surface area (Å²) in [6, 6.07) is 5.95. The van der Waals surface area contributed by atoms with Crippen LogP contribution < -0.4 is 5.32 Å². The van der Waals surface area contributed by atoms with Crippen molar-refractivity contribution < 1.29 is 22.7 Å². The van der Waals surface area contributed by atoms with Crippen LogP contribution in [0.15, 0.2) is 24.4 Å². The van der Waals surface area contributed by atoms with Gasteiger partial charge in [-0.25, -0.2) is 14.8 Å². The van der Waals surface area contributed by atoms with E-state index in [9.17, 15) is 18.0 Å². The van der Waals surface area contributed by atoms with Crippen LogP contribution in [0.3, 0.4) is 0 Å². The number of nitrogens with one attached hydrogen (secondary N) is 1. The standard InChI is InChI=1S/C23H28ClF3N4O2/c1-5-14-12-16(15-8-10-31(11-9-15)21(32)33-22(2,3)4)6-7-18(14)29-20-28-13-17(19(24)30-20)23(25,26)27/h6-7,12-13,15H,5,8-11H2,1-4H3,(H,28,29,30). The number of rotatable bonds is 4. The highest BCUT2D eigenvalue weighted by Gasteiger charge is 2.34. The number of aryl methyl sites for hydroxylation is 1. The van der Waals surface area contributed by atoms with Gasteiger partial charge in [0.1, 0.15) is 16.3 Å². The number of carbonyl (C=O) groups excluding carboxylic acids is 1. The van der Waals surface area contributed by atoms with E-state index in [1.54, 1.807) is 4.90 Å². The summed E-state index contributed by atoms with van der Waals surface area (Å²) in [4.78, 5) is 21.5. The maximum Gasteiger partial charge on any atom is 0.420 e. The topological polar surface area (TPSA) is 67.3 Å². The van der Waals surface area contributed by atoms with Crippen molar-refractivity contribution in [3.05, 3.63) is 46.2 Å². The van der Waals surface area contributed by atoms with Crippen LogP contribution in [0.2, 0.25) is 5.15 Å². The Hall–Kier alpha value is -2.55. The van der Waals surface area contributed by atoms with E-state index in [1.165, 1.54) is 0 Å². The molecule has 0 atom stereocenters. The van der Waals surface area contributed by atoms with Gasteiger partial charge in [-0.1, -0.05) is 30.7 Å². The molecule has 2 aromatic rings. The van der Waals surface area contributed by atoms with E-state index in [4.69, 9.17) is 16.3 Å². The van der Waals surface area contributed by atoms with Gasteiger partial charge in [0.15, 0.2) is 0 Å². The molecule has 0 saturated carbocycles. The van der Waals surface area contributed by atoms with E-state index in [-0.39, 0.29) is 12.0 Å². The number of hydrogen-bond acceptors (Lipinski definition) is 5. The second kappa shape index (κ2) is 9.75. The van der Waals surface area contributed by atoms with Crippen molar-refractivity contribution in [2.45, 2.75) is 64.7 Å². The predicted molar refractivity (Wildman–Crippen MR) is 121 cm³/mol. The van der Waals surface area contributed by atoms with E-state index in [0.29, 0.717) is 37.3 Å². The molecule has 1 N–H and O–H groups in total. The van der Waals surface area contributed by atoms with Gasteiger partial charge in [-0.3, -0.25) is 0 Å². The molecule has 0 bridgehead atoms. The summed E-state index contributed by atoms with van der Waals surface area (Å²) in [5.41, 5.74) is 1.27. The maximum atomic E-state index is 12.9. The van der Waals surface area contributed by atoms with E-state index in [2.05, 4.69) is 21.4 Å². The number of alkyl halides is 3. The Bertz CT molecular complexity index is 1000. The molecule has 1 saturated heterocycles. The third kappa shape index (κ3) is 6.50. The van der Waals surface area contributed by atoms with Gasteiger partial charge in [-0.15, -0.1) is 0 Å². The molecule has 1 aromatic carbocycles. The van der Waals surface area contributed by atoms with E-state index >= 15 is 0 Å². The lowest BCUT2D eigenvalue weighted by atomic mass is 9.88. The Kier molecular flexibility index (Phi) is 7.41. The minimum Gasteiger partial charge on any atom is -0.444 e. The van der Waals surface area contributed by atoms with Crippen molar-refractivity contribution in [3.8, 4) is 0 Å². The summed E-state index contributed by atoms with van der Waals surface area (Å²) in [6.45, 7) is 8.80. The van der Waals surface area contributed by atoms with Gasteiger partial charge in [0.2, 0.25) is 5.95 Å². The average Bonchev–Trinajstić information content (AvgIpc) is 2.72. The quantitative estimate of drug-likeness (QED) is 0.497. The van der Waals surface area contributed by atoms with Gasteiger partial charge in [0.05, 0.1) is 0 Å². The predicted octanol–water partition coefficient (Wildman–Crippen LogP) is 6.57. The highest BCUT2D eigenvalue weighted by atomic mass is 35.5. The monoisotopic (exact) mass is 484 g/mol. The largest absolute Gasteiger partial charge is 0.444 e. The summed E-state index contributed by atoms with van der Waals surface area (Å²) < 4.78 is 44.1. The van der Waals surface area contributed by atoms with Crippen LogP contribution in [0, 0.1) is 0 Å². The molecular formula is C23H28ClF3N4O2. The second-order valence-corrected chi connectivity index (χ2v) is 9.39. The fourth-order valence-corrected chi connectivity index (χ4v) is 3.97. The number of ether oxygens (including phenoxy) is 1. The number of hydrogen-bond donors (Lipinski definition) is 1. The number of likely N-dealkylation sites (tertiary alicyclic amines) is 1. The molecule has 3 rings (SSSR count). The zero-order valence-corrected chi connectivity index (χ0v) is 19.8. The summed E-state index contributed by atoms with van der Waals surface area (Å²) in [5.74, 6) is 0.306. The molecular weight excluding hydrogens is 457 g/mol. The highest BCUT2D eigenvalue weighted by molar-refractivity contribution is 6.30. The minimum atomic E-state index is -4.61. The van der Waals surface area contributed by atoms with Crippen LogP contribution in [0.1, 0.15) is 63.1 Å². The van der Waals surface area contributed by atoms with Gasteiger partial charge < -0.3 is 15.0 Å². The molecule has 0 spiro atoms. The van der Waals surface area contributed by atoms with E-state index < -0.39 is 22.5 Å². The molecule has 33 heavy (non-hydrogen) atoms. The normalized spacial score (nSPS) is 15.5. The maximum absolute atomic E-state index is 12.9. The first-order valence-corrected chi connectivity index (χ1v) is 11.2. The Balaban J connectivity index is 1.68. The number of carbonyl (C=O) groups is 1. The average molecular weight is 485 g/mol. The number of piperidine rings is 1. The van der Waals surface area contributed by atoms with Crippen molar-refractivity contribution >= 4 is 29.3 Å². The van der Waals surface area contributed by atoms with Gasteiger partial charge in [-0.05, 0) is 63.1 Å². The lowest BCUT2D eigenvalue weighted by molar-refractivity contribution is -0.137. The van der Waals surface area contributed by atoms with Crippen molar-refractivity contribution in [1.29, 1.82) is 0 Å². The van der Waals surface area contributed by atoms with Crippen LogP contribution in [-0.4, -0.2) is 39.7 Å². The summed E-state index contributed by atoms with van der Waals surface area (Å²) in [6.07, 6.45) is -1.85. The molecule has 1 fully saturated rings. The Morgan fingerprint density at radius 1 is 1.24 bits per heavy atom.